The minimum absolute atomic E-state index is 0.511. The fourth-order valence-electron chi connectivity index (χ4n) is 10.5. The van der Waals surface area contributed by atoms with Crippen LogP contribution in [0.3, 0.4) is 0 Å². The van der Waals surface area contributed by atoms with E-state index >= 15 is 0 Å². The van der Waals surface area contributed by atoms with Crippen LogP contribution in [-0.4, -0.2) is 0 Å². The first-order chi connectivity index (χ1) is 32.7. The van der Waals surface area contributed by atoms with Gasteiger partial charge in [-0.15, -0.1) is 0 Å². The third-order valence-corrected chi connectivity index (χ3v) is 13.6. The monoisotopic (exact) mass is 839 g/mol. The molecule has 1 nitrogen and oxygen atoms in total. The van der Waals surface area contributed by atoms with E-state index in [1.54, 1.807) is 0 Å². The average Bonchev–Trinajstić information content (AvgIpc) is 3.70. The van der Waals surface area contributed by atoms with E-state index in [9.17, 15) is 0 Å². The van der Waals surface area contributed by atoms with Gasteiger partial charge in [-0.05, 0) is 125 Å². The molecule has 11 aromatic carbocycles. The van der Waals surface area contributed by atoms with Crippen LogP contribution >= 0.6 is 0 Å². The summed E-state index contributed by atoms with van der Waals surface area (Å²) in [6, 6.07) is 100. The van der Waals surface area contributed by atoms with Gasteiger partial charge in [0.15, 0.2) is 0 Å². The van der Waals surface area contributed by atoms with E-state index < -0.39 is 5.41 Å². The van der Waals surface area contributed by atoms with E-state index in [2.05, 4.69) is 278 Å². The third kappa shape index (κ3) is 6.64. The maximum atomic E-state index is 2.45. The largest absolute Gasteiger partial charge is 0.310 e. The fourth-order valence-corrected chi connectivity index (χ4v) is 10.5. The van der Waals surface area contributed by atoms with Gasteiger partial charge in [0, 0.05) is 17.1 Å². The molecule has 0 unspecified atom stereocenters. The molecule has 0 aliphatic heterocycles. The Morgan fingerprint density at radius 2 is 0.682 bits per heavy atom. The van der Waals surface area contributed by atoms with Crippen molar-refractivity contribution in [1.29, 1.82) is 0 Å². The quantitative estimate of drug-likeness (QED) is 0.140. The van der Waals surface area contributed by atoms with Crippen LogP contribution in [0.1, 0.15) is 22.3 Å². The molecule has 0 radical (unpaired) electrons. The number of rotatable bonds is 9. The van der Waals surface area contributed by atoms with Gasteiger partial charge in [-0.3, -0.25) is 0 Å². The average molecular weight is 840 g/mol. The minimum Gasteiger partial charge on any atom is -0.310 e. The molecule has 0 heterocycles. The summed E-state index contributed by atoms with van der Waals surface area (Å²) in [5, 5.41) is 2.47. The lowest BCUT2D eigenvalue weighted by atomic mass is 9.67. The van der Waals surface area contributed by atoms with Crippen molar-refractivity contribution in [3.8, 4) is 55.6 Å². The summed E-state index contributed by atoms with van der Waals surface area (Å²) in [4.78, 5) is 2.42. The van der Waals surface area contributed by atoms with Gasteiger partial charge in [0.25, 0.3) is 0 Å². The summed E-state index contributed by atoms with van der Waals surface area (Å²) < 4.78 is 0. The van der Waals surface area contributed by atoms with Gasteiger partial charge < -0.3 is 4.90 Å². The first-order valence-corrected chi connectivity index (χ1v) is 22.8. The predicted molar refractivity (Wildman–Crippen MR) is 278 cm³/mol. The van der Waals surface area contributed by atoms with Crippen molar-refractivity contribution in [2.75, 3.05) is 4.90 Å². The number of hydrogen-bond acceptors (Lipinski definition) is 1. The fraction of sp³-hybridized carbons (Fsp3) is 0.0154. The molecule has 12 rings (SSSR count). The van der Waals surface area contributed by atoms with E-state index in [-0.39, 0.29) is 0 Å². The van der Waals surface area contributed by atoms with E-state index in [4.69, 9.17) is 0 Å². The highest BCUT2D eigenvalue weighted by molar-refractivity contribution is 6.04. The number of hydrogen-bond donors (Lipinski definition) is 0. The maximum absolute atomic E-state index is 2.45. The smallest absolute Gasteiger partial charge is 0.0714 e. The summed E-state index contributed by atoms with van der Waals surface area (Å²) in [6.07, 6.45) is 0. The van der Waals surface area contributed by atoms with E-state index in [0.717, 1.165) is 17.1 Å². The lowest BCUT2D eigenvalue weighted by molar-refractivity contribution is 0.768. The Kier molecular flexibility index (Phi) is 9.81. The van der Waals surface area contributed by atoms with Gasteiger partial charge in [0.2, 0.25) is 0 Å². The molecule has 0 fully saturated rings. The molecule has 66 heavy (non-hydrogen) atoms. The molecular weight excluding hydrogens is 795 g/mol. The highest BCUT2D eigenvalue weighted by Crippen LogP contribution is 2.57. The van der Waals surface area contributed by atoms with Crippen molar-refractivity contribution in [3.05, 3.63) is 295 Å². The summed E-state index contributed by atoms with van der Waals surface area (Å²) in [5.41, 5.74) is 20.0. The zero-order chi connectivity index (χ0) is 43.9. The Morgan fingerprint density at radius 3 is 1.29 bits per heavy atom. The molecule has 1 heteroatoms. The van der Waals surface area contributed by atoms with Crippen molar-refractivity contribution in [3.63, 3.8) is 0 Å². The van der Waals surface area contributed by atoms with Gasteiger partial charge >= 0.3 is 0 Å². The van der Waals surface area contributed by atoms with Crippen LogP contribution in [0, 0.1) is 0 Å². The lowest BCUT2D eigenvalue weighted by Crippen LogP contribution is -2.28. The molecule has 310 valence electrons. The zero-order valence-corrected chi connectivity index (χ0v) is 36.4. The van der Waals surface area contributed by atoms with Crippen LogP contribution < -0.4 is 4.90 Å². The number of benzene rings is 11. The van der Waals surface area contributed by atoms with Crippen LogP contribution in [0.25, 0.3) is 66.4 Å². The number of nitrogens with zero attached hydrogens (tertiary/aromatic N) is 1. The molecule has 11 aromatic rings. The van der Waals surface area contributed by atoms with Gasteiger partial charge in [0.1, 0.15) is 0 Å². The molecule has 0 amide bonds. The predicted octanol–water partition coefficient (Wildman–Crippen LogP) is 17.3. The van der Waals surface area contributed by atoms with Crippen molar-refractivity contribution >= 4 is 27.8 Å². The van der Waals surface area contributed by atoms with Crippen molar-refractivity contribution in [2.24, 2.45) is 0 Å². The Labute approximate surface area is 387 Å². The molecule has 0 saturated heterocycles. The number of anilines is 3. The molecule has 1 aliphatic rings. The maximum Gasteiger partial charge on any atom is 0.0714 e. The summed E-state index contributed by atoms with van der Waals surface area (Å²) >= 11 is 0. The second kappa shape index (κ2) is 16.6. The van der Waals surface area contributed by atoms with Crippen molar-refractivity contribution < 1.29 is 0 Å². The second-order valence-electron chi connectivity index (χ2n) is 17.2. The summed E-state index contributed by atoms with van der Waals surface area (Å²) in [5.74, 6) is 0. The van der Waals surface area contributed by atoms with Crippen LogP contribution in [-0.2, 0) is 5.41 Å². The van der Waals surface area contributed by atoms with Gasteiger partial charge in [-0.1, -0.05) is 237 Å². The highest BCUT2D eigenvalue weighted by Gasteiger charge is 2.46. The van der Waals surface area contributed by atoms with Crippen LogP contribution in [0.2, 0.25) is 0 Å². The minimum atomic E-state index is -0.511. The van der Waals surface area contributed by atoms with Crippen LogP contribution in [0.15, 0.2) is 273 Å². The van der Waals surface area contributed by atoms with Crippen LogP contribution in [0.5, 0.6) is 0 Å². The lowest BCUT2D eigenvalue weighted by Gasteiger charge is -2.35. The Hall–Kier alpha value is -8.52. The molecule has 0 atom stereocenters. The third-order valence-electron chi connectivity index (χ3n) is 13.6. The molecule has 0 aromatic heterocycles. The molecule has 0 N–H and O–H groups in total. The first-order valence-electron chi connectivity index (χ1n) is 22.8. The van der Waals surface area contributed by atoms with E-state index in [1.165, 1.54) is 88.7 Å². The van der Waals surface area contributed by atoms with Crippen molar-refractivity contribution in [2.45, 2.75) is 5.41 Å². The SMILES string of the molecule is c1ccc(-c2ccc(-c3c(-c4ccc(N(c5ccc(-c6ccccc6)cc5)c5ccc6c(c5)C(c5ccccc5)(c5ccccc5)c5ccccc5-6)cc4)ccc4ccccc34)cc2)cc1. The zero-order valence-electron chi connectivity index (χ0n) is 36.4. The Bertz CT molecular complexity index is 3430. The second-order valence-corrected chi connectivity index (χ2v) is 17.2. The molecule has 0 saturated carbocycles. The molecule has 0 spiro atoms. The van der Waals surface area contributed by atoms with Crippen molar-refractivity contribution in [1.82, 2.24) is 0 Å². The molecule has 1 aliphatic carbocycles. The van der Waals surface area contributed by atoms with Crippen LogP contribution in [0.4, 0.5) is 17.1 Å². The number of fused-ring (bicyclic) bond motifs is 4. The first kappa shape index (κ1) is 39.1. The summed E-state index contributed by atoms with van der Waals surface area (Å²) in [7, 11) is 0. The Morgan fingerprint density at radius 1 is 0.258 bits per heavy atom. The van der Waals surface area contributed by atoms with Gasteiger partial charge in [-0.2, -0.15) is 0 Å². The molecule has 0 bridgehead atoms. The Balaban J connectivity index is 1.02. The van der Waals surface area contributed by atoms with E-state index in [0.29, 0.717) is 0 Å². The summed E-state index contributed by atoms with van der Waals surface area (Å²) in [6.45, 7) is 0. The topological polar surface area (TPSA) is 3.24 Å². The van der Waals surface area contributed by atoms with Gasteiger partial charge in [-0.25, -0.2) is 0 Å². The normalized spacial score (nSPS) is 12.4. The molecular formula is C65H45N. The van der Waals surface area contributed by atoms with E-state index in [1.807, 2.05) is 0 Å². The standard InChI is InChI=1S/C65H45N/c1-5-17-46(18-6-1)48-29-31-52(32-30-48)64-58-26-14-13-21-50(58)37-43-59(64)51-35-40-56(41-36-51)66(55-38-33-49(34-39-55)47-19-7-2-8-20-47)57-42-44-61-60-27-15-16-28-62(60)65(63(61)45-57,53-22-9-3-10-23-53)54-24-11-4-12-25-54/h1-45H. The van der Waals surface area contributed by atoms with Gasteiger partial charge in [0.05, 0.1) is 5.41 Å². The highest BCUT2D eigenvalue weighted by atomic mass is 15.1.